The molecule has 2 aliphatic carbocycles. The molecule has 118 valence electrons. The summed E-state index contributed by atoms with van der Waals surface area (Å²) in [6.07, 6.45) is 4.21. The predicted octanol–water partition coefficient (Wildman–Crippen LogP) is 2.32. The molecule has 0 spiro atoms. The lowest BCUT2D eigenvalue weighted by Gasteiger charge is -2.43. The SMILES string of the molecule is CC12CCC(C1)C(C)(C)C2NC(=O)N1CCC(C(=O)O)C1. The second-order valence-electron chi connectivity index (χ2n) is 8.07. The molecule has 0 aromatic heterocycles. The Bertz CT molecular complexity index is 471. The van der Waals surface area contributed by atoms with Gasteiger partial charge in [-0.1, -0.05) is 20.8 Å². The van der Waals surface area contributed by atoms with Crippen molar-refractivity contribution in [3.05, 3.63) is 0 Å². The van der Waals surface area contributed by atoms with E-state index < -0.39 is 11.9 Å². The van der Waals surface area contributed by atoms with Gasteiger partial charge in [-0.15, -0.1) is 0 Å². The summed E-state index contributed by atoms with van der Waals surface area (Å²) < 4.78 is 0. The molecule has 2 bridgehead atoms. The number of fused-ring (bicyclic) bond motifs is 2. The Morgan fingerprint density at radius 3 is 2.48 bits per heavy atom. The summed E-state index contributed by atoms with van der Waals surface area (Å²) in [6, 6.07) is 0.116. The number of urea groups is 1. The van der Waals surface area contributed by atoms with Gasteiger partial charge in [0, 0.05) is 19.1 Å². The van der Waals surface area contributed by atoms with E-state index in [4.69, 9.17) is 5.11 Å². The maximum absolute atomic E-state index is 12.5. The number of aliphatic carboxylic acids is 1. The zero-order valence-corrected chi connectivity index (χ0v) is 13.2. The van der Waals surface area contributed by atoms with Crippen molar-refractivity contribution in [3.8, 4) is 0 Å². The van der Waals surface area contributed by atoms with Crippen LogP contribution in [0.4, 0.5) is 4.79 Å². The molecule has 0 aromatic carbocycles. The lowest BCUT2D eigenvalue weighted by atomic mass is 9.68. The molecule has 21 heavy (non-hydrogen) atoms. The number of carboxylic acids is 1. The minimum atomic E-state index is -0.794. The smallest absolute Gasteiger partial charge is 0.317 e. The lowest BCUT2D eigenvalue weighted by Crippen LogP contribution is -2.55. The molecule has 1 saturated heterocycles. The average Bonchev–Trinajstić information content (AvgIpc) is 3.05. The first kappa shape index (κ1) is 14.7. The quantitative estimate of drug-likeness (QED) is 0.821. The van der Waals surface area contributed by atoms with Gasteiger partial charge in [0.25, 0.3) is 0 Å². The fraction of sp³-hybridized carbons (Fsp3) is 0.875. The molecule has 2 amide bonds. The van der Waals surface area contributed by atoms with Crippen LogP contribution in [0, 0.1) is 22.7 Å². The number of carbonyl (C=O) groups is 2. The number of carbonyl (C=O) groups excluding carboxylic acids is 1. The number of rotatable bonds is 2. The van der Waals surface area contributed by atoms with E-state index in [1.807, 2.05) is 0 Å². The van der Waals surface area contributed by atoms with Crippen LogP contribution in [0.1, 0.15) is 46.5 Å². The summed E-state index contributed by atoms with van der Waals surface area (Å²) in [6.45, 7) is 7.70. The highest BCUT2D eigenvalue weighted by Gasteiger charge is 2.60. The van der Waals surface area contributed by atoms with E-state index in [0.717, 1.165) is 0 Å². The van der Waals surface area contributed by atoms with Gasteiger partial charge < -0.3 is 15.3 Å². The van der Waals surface area contributed by atoms with Crippen LogP contribution in [0.2, 0.25) is 0 Å². The normalized spacial score (nSPS) is 40.5. The number of likely N-dealkylation sites (tertiary alicyclic amines) is 1. The summed E-state index contributed by atoms with van der Waals surface area (Å²) in [5.74, 6) is -0.505. The topological polar surface area (TPSA) is 69.6 Å². The van der Waals surface area contributed by atoms with Crippen LogP contribution in [-0.2, 0) is 4.79 Å². The van der Waals surface area contributed by atoms with E-state index in [0.29, 0.717) is 25.4 Å². The summed E-state index contributed by atoms with van der Waals surface area (Å²) in [5, 5.41) is 12.3. The van der Waals surface area contributed by atoms with Crippen LogP contribution in [0.5, 0.6) is 0 Å². The standard InChI is InChI=1S/C16H26N2O3/c1-15(2)11-4-6-16(3,8-11)13(15)17-14(21)18-7-5-10(9-18)12(19)20/h10-11,13H,4-9H2,1-3H3,(H,17,21)(H,19,20). The molecule has 3 rings (SSSR count). The predicted molar refractivity (Wildman–Crippen MR) is 78.9 cm³/mol. The molecule has 5 heteroatoms. The van der Waals surface area contributed by atoms with Crippen molar-refractivity contribution in [1.82, 2.24) is 10.2 Å². The van der Waals surface area contributed by atoms with E-state index in [1.165, 1.54) is 19.3 Å². The summed E-state index contributed by atoms with van der Waals surface area (Å²) in [5.41, 5.74) is 0.338. The molecule has 1 aliphatic heterocycles. The summed E-state index contributed by atoms with van der Waals surface area (Å²) >= 11 is 0. The minimum Gasteiger partial charge on any atom is -0.481 e. The first-order valence-electron chi connectivity index (χ1n) is 8.02. The van der Waals surface area contributed by atoms with Crippen molar-refractivity contribution in [3.63, 3.8) is 0 Å². The average molecular weight is 294 g/mol. The third-order valence-corrected chi connectivity index (χ3v) is 6.36. The Morgan fingerprint density at radius 1 is 1.24 bits per heavy atom. The molecular weight excluding hydrogens is 268 g/mol. The van der Waals surface area contributed by atoms with Gasteiger partial charge in [0.2, 0.25) is 0 Å². The molecule has 3 fully saturated rings. The zero-order valence-electron chi connectivity index (χ0n) is 13.2. The molecule has 4 atom stereocenters. The Labute approximate surface area is 126 Å². The number of hydrogen-bond acceptors (Lipinski definition) is 2. The molecule has 5 nitrogen and oxygen atoms in total. The molecule has 0 radical (unpaired) electrons. The third-order valence-electron chi connectivity index (χ3n) is 6.36. The van der Waals surface area contributed by atoms with E-state index in [2.05, 4.69) is 26.1 Å². The number of hydrogen-bond donors (Lipinski definition) is 2. The fourth-order valence-corrected chi connectivity index (χ4v) is 5.02. The van der Waals surface area contributed by atoms with Crippen LogP contribution in [0.3, 0.4) is 0 Å². The Kier molecular flexibility index (Phi) is 3.22. The molecule has 2 N–H and O–H groups in total. The van der Waals surface area contributed by atoms with Gasteiger partial charge >= 0.3 is 12.0 Å². The highest BCUT2D eigenvalue weighted by Crippen LogP contribution is 2.62. The van der Waals surface area contributed by atoms with Crippen molar-refractivity contribution in [2.24, 2.45) is 22.7 Å². The fourth-order valence-electron chi connectivity index (χ4n) is 5.02. The van der Waals surface area contributed by atoms with Gasteiger partial charge in [-0.3, -0.25) is 4.79 Å². The third kappa shape index (κ3) is 2.21. The van der Waals surface area contributed by atoms with Gasteiger partial charge in [-0.2, -0.15) is 0 Å². The molecule has 0 aromatic rings. The molecule has 2 saturated carbocycles. The van der Waals surface area contributed by atoms with Crippen LogP contribution in [-0.4, -0.2) is 41.1 Å². The van der Waals surface area contributed by atoms with Gasteiger partial charge in [0.05, 0.1) is 5.92 Å². The van der Waals surface area contributed by atoms with Crippen molar-refractivity contribution in [2.45, 2.75) is 52.5 Å². The Balaban J connectivity index is 1.67. The number of nitrogens with zero attached hydrogens (tertiary/aromatic N) is 1. The highest BCUT2D eigenvalue weighted by molar-refractivity contribution is 5.77. The number of nitrogens with one attached hydrogen (secondary N) is 1. The number of carboxylic acid groups (broad SMARTS) is 1. The van der Waals surface area contributed by atoms with E-state index in [1.54, 1.807) is 4.90 Å². The van der Waals surface area contributed by atoms with Gasteiger partial charge in [-0.25, -0.2) is 4.79 Å². The van der Waals surface area contributed by atoms with E-state index in [-0.39, 0.29) is 22.9 Å². The Morgan fingerprint density at radius 2 is 1.95 bits per heavy atom. The van der Waals surface area contributed by atoms with Crippen LogP contribution < -0.4 is 5.32 Å². The van der Waals surface area contributed by atoms with E-state index >= 15 is 0 Å². The maximum atomic E-state index is 12.5. The largest absolute Gasteiger partial charge is 0.481 e. The monoisotopic (exact) mass is 294 g/mol. The highest BCUT2D eigenvalue weighted by atomic mass is 16.4. The molecule has 4 unspecified atom stereocenters. The van der Waals surface area contributed by atoms with Gasteiger partial charge in [0.1, 0.15) is 0 Å². The van der Waals surface area contributed by atoms with Gasteiger partial charge in [0.15, 0.2) is 0 Å². The van der Waals surface area contributed by atoms with Crippen molar-refractivity contribution < 1.29 is 14.7 Å². The molecular formula is C16H26N2O3. The summed E-state index contributed by atoms with van der Waals surface area (Å²) in [7, 11) is 0. The van der Waals surface area contributed by atoms with Crippen LogP contribution in [0.25, 0.3) is 0 Å². The molecule has 1 heterocycles. The van der Waals surface area contributed by atoms with E-state index in [9.17, 15) is 9.59 Å². The van der Waals surface area contributed by atoms with Crippen molar-refractivity contribution >= 4 is 12.0 Å². The zero-order chi connectivity index (χ0) is 15.4. The first-order valence-corrected chi connectivity index (χ1v) is 8.02. The van der Waals surface area contributed by atoms with Crippen LogP contribution >= 0.6 is 0 Å². The minimum absolute atomic E-state index is 0.0781. The van der Waals surface area contributed by atoms with Gasteiger partial charge in [-0.05, 0) is 42.4 Å². The Hall–Kier alpha value is -1.26. The second-order valence-corrected chi connectivity index (χ2v) is 8.07. The molecule has 3 aliphatic rings. The second kappa shape index (κ2) is 4.62. The van der Waals surface area contributed by atoms with Crippen molar-refractivity contribution in [1.29, 1.82) is 0 Å². The van der Waals surface area contributed by atoms with Crippen LogP contribution in [0.15, 0.2) is 0 Å². The number of amides is 2. The first-order chi connectivity index (χ1) is 9.74. The van der Waals surface area contributed by atoms with Crippen molar-refractivity contribution in [2.75, 3.05) is 13.1 Å². The lowest BCUT2D eigenvalue weighted by molar-refractivity contribution is -0.141. The maximum Gasteiger partial charge on any atom is 0.317 e. The summed E-state index contributed by atoms with van der Waals surface area (Å²) in [4.78, 5) is 25.2.